The van der Waals surface area contributed by atoms with Crippen molar-refractivity contribution in [3.63, 3.8) is 0 Å². The zero-order chi connectivity index (χ0) is 38.9. The Balaban J connectivity index is 1.53. The highest BCUT2D eigenvalue weighted by atomic mass is 16.6. The van der Waals surface area contributed by atoms with Crippen LogP contribution in [0.5, 0.6) is 0 Å². The Morgan fingerprint density at radius 2 is 1.58 bits per heavy atom. The van der Waals surface area contributed by atoms with Gasteiger partial charge < -0.3 is 29.2 Å². The minimum absolute atomic E-state index is 0.00264. The molecule has 2 aromatic rings. The topological polar surface area (TPSA) is 146 Å². The summed E-state index contributed by atoms with van der Waals surface area (Å²) in [6, 6.07) is 17.6. The number of rotatable bonds is 8. The van der Waals surface area contributed by atoms with Gasteiger partial charge in [-0.05, 0) is 54.7 Å². The average Bonchev–Trinajstić information content (AvgIpc) is 3.10. The van der Waals surface area contributed by atoms with E-state index >= 15 is 4.79 Å². The fraction of sp³-hybridized carbons (Fsp3) is 0.581. The molecule has 11 atom stereocenters. The maximum atomic E-state index is 15.3. The van der Waals surface area contributed by atoms with Gasteiger partial charge in [0, 0.05) is 30.1 Å². The van der Waals surface area contributed by atoms with Crippen molar-refractivity contribution in [1.82, 2.24) is 0 Å². The van der Waals surface area contributed by atoms with E-state index in [0.717, 1.165) is 11.1 Å². The number of aliphatic hydroxyl groups is 2. The lowest BCUT2D eigenvalue weighted by molar-refractivity contribution is -0.336. The molecule has 4 unspecified atom stereocenters. The molecule has 286 valence electrons. The number of carbonyl (C=O) groups is 4. The Morgan fingerprint density at radius 1 is 0.981 bits per heavy atom. The molecule has 3 aliphatic carbocycles. The molecule has 0 spiro atoms. The van der Waals surface area contributed by atoms with Crippen molar-refractivity contribution in [2.24, 2.45) is 34.0 Å². The average molecular weight is 731 g/mol. The highest BCUT2D eigenvalue weighted by Gasteiger charge is 2.76. The third kappa shape index (κ3) is 5.96. The first-order valence-corrected chi connectivity index (χ1v) is 18.7. The Morgan fingerprint density at radius 3 is 2.15 bits per heavy atom. The van der Waals surface area contributed by atoms with E-state index in [0.29, 0.717) is 17.6 Å². The van der Waals surface area contributed by atoms with Crippen molar-refractivity contribution in [2.45, 2.75) is 117 Å². The molecule has 10 heteroatoms. The molecule has 53 heavy (non-hydrogen) atoms. The molecule has 6 rings (SSSR count). The van der Waals surface area contributed by atoms with Crippen LogP contribution >= 0.6 is 0 Å². The Kier molecular flexibility index (Phi) is 9.87. The lowest BCUT2D eigenvalue weighted by Crippen LogP contribution is -2.79. The van der Waals surface area contributed by atoms with Gasteiger partial charge >= 0.3 is 17.9 Å². The number of ketones is 1. The summed E-state index contributed by atoms with van der Waals surface area (Å²) < 4.78 is 25.3. The third-order valence-corrected chi connectivity index (χ3v) is 13.8. The van der Waals surface area contributed by atoms with Crippen LogP contribution < -0.4 is 0 Å². The van der Waals surface area contributed by atoms with Gasteiger partial charge in [-0.25, -0.2) is 9.59 Å². The molecule has 10 nitrogen and oxygen atoms in total. The van der Waals surface area contributed by atoms with E-state index < -0.39 is 81.6 Å². The normalized spacial score (nSPS) is 36.2. The van der Waals surface area contributed by atoms with Crippen LogP contribution in [-0.2, 0) is 50.1 Å². The molecule has 2 bridgehead atoms. The van der Waals surface area contributed by atoms with E-state index in [1.807, 2.05) is 78.8 Å². The second-order valence-corrected chi connectivity index (χ2v) is 17.1. The first-order valence-electron chi connectivity index (χ1n) is 18.7. The number of benzene rings is 2. The molecule has 4 aliphatic rings. The molecular formula is C43H54O10. The van der Waals surface area contributed by atoms with Gasteiger partial charge in [-0.15, -0.1) is 0 Å². The monoisotopic (exact) mass is 730 g/mol. The van der Waals surface area contributed by atoms with Crippen LogP contribution in [0.25, 0.3) is 0 Å². The van der Waals surface area contributed by atoms with Gasteiger partial charge in [-0.2, -0.15) is 0 Å². The lowest BCUT2D eigenvalue weighted by Gasteiger charge is -2.69. The van der Waals surface area contributed by atoms with Crippen molar-refractivity contribution in [3.8, 4) is 0 Å². The Labute approximate surface area is 312 Å². The summed E-state index contributed by atoms with van der Waals surface area (Å²) in [5.74, 6) is -4.24. The van der Waals surface area contributed by atoms with E-state index in [1.165, 1.54) is 13.8 Å². The molecule has 2 saturated carbocycles. The van der Waals surface area contributed by atoms with Gasteiger partial charge in [0.2, 0.25) is 0 Å². The second kappa shape index (κ2) is 13.5. The smallest absolute Gasteiger partial charge is 0.342 e. The van der Waals surface area contributed by atoms with Crippen molar-refractivity contribution >= 4 is 23.7 Å². The first kappa shape index (κ1) is 38.9. The van der Waals surface area contributed by atoms with Crippen LogP contribution in [0.1, 0.15) is 86.3 Å². The molecule has 0 aromatic heterocycles. The number of allylic oxidation sites excluding steroid dienone is 1. The van der Waals surface area contributed by atoms with Gasteiger partial charge in [0.1, 0.15) is 24.1 Å². The third-order valence-electron chi connectivity index (χ3n) is 13.8. The number of aliphatic hydroxyl groups excluding tert-OH is 1. The van der Waals surface area contributed by atoms with E-state index in [1.54, 1.807) is 30.3 Å². The lowest BCUT2D eigenvalue weighted by atomic mass is 9.40. The van der Waals surface area contributed by atoms with Crippen LogP contribution in [0, 0.1) is 34.0 Å². The molecule has 2 aromatic carbocycles. The number of carbonyl (C=O) groups excluding carboxylic acids is 4. The fourth-order valence-corrected chi connectivity index (χ4v) is 10.4. The minimum atomic E-state index is -2.08. The van der Waals surface area contributed by atoms with Crippen LogP contribution in [0.2, 0.25) is 0 Å². The first-order chi connectivity index (χ1) is 24.7. The van der Waals surface area contributed by atoms with Crippen molar-refractivity contribution in [3.05, 3.63) is 82.9 Å². The Hall–Kier alpha value is -3.86. The molecular weight excluding hydrogens is 676 g/mol. The summed E-state index contributed by atoms with van der Waals surface area (Å²) in [5.41, 5.74) is -3.98. The molecule has 1 heterocycles. The van der Waals surface area contributed by atoms with Gasteiger partial charge in [0.05, 0.1) is 12.5 Å². The zero-order valence-corrected chi connectivity index (χ0v) is 32.3. The maximum Gasteiger partial charge on any atom is 0.342 e. The zero-order valence-electron chi connectivity index (χ0n) is 32.3. The van der Waals surface area contributed by atoms with Crippen LogP contribution in [0.3, 0.4) is 0 Å². The highest BCUT2D eigenvalue weighted by molar-refractivity contribution is 5.91. The molecule has 2 N–H and O–H groups in total. The van der Waals surface area contributed by atoms with Gasteiger partial charge in [0.15, 0.2) is 17.3 Å². The quantitative estimate of drug-likeness (QED) is 0.198. The molecule has 1 aliphatic heterocycles. The standard InChI is InChI=1S/C43H54O10/c1-24-20-32-43(23-50-32,53-27(4)44)34-36(52-38(48)42(9,49)29-18-14-11-15-19-29)40(7)22-31(51-37(47)30(45)21-28-16-12-10-13-17-28)25(2)33(39(40,5)6)26(3)35(46)41(24,34)8/h10-19,24,26,30-32,34,36,45,49H,20-23H2,1-9H3/t24?,26?,30-,31+,32-,34+,36+,40?,41?,42+,43+/m1/s1. The van der Waals surface area contributed by atoms with E-state index in [2.05, 4.69) is 0 Å². The van der Waals surface area contributed by atoms with Gasteiger partial charge in [-0.1, -0.05) is 108 Å². The summed E-state index contributed by atoms with van der Waals surface area (Å²) >= 11 is 0. The maximum absolute atomic E-state index is 15.3. The van der Waals surface area contributed by atoms with Crippen LogP contribution in [-0.4, -0.2) is 70.5 Å². The van der Waals surface area contributed by atoms with E-state index in [9.17, 15) is 24.6 Å². The molecule has 1 saturated heterocycles. The number of Topliss-reactive ketones (excluding diaryl/α,β-unsaturated/α-hetero) is 1. The number of hydrogen-bond acceptors (Lipinski definition) is 10. The number of esters is 3. The largest absolute Gasteiger partial charge is 0.459 e. The number of hydrogen-bond donors (Lipinski definition) is 2. The number of fused-ring (bicyclic) bond motifs is 5. The van der Waals surface area contributed by atoms with Crippen molar-refractivity contribution < 1.29 is 48.3 Å². The van der Waals surface area contributed by atoms with E-state index in [4.69, 9.17) is 18.9 Å². The second-order valence-electron chi connectivity index (χ2n) is 17.1. The van der Waals surface area contributed by atoms with Crippen LogP contribution in [0.4, 0.5) is 0 Å². The highest BCUT2D eigenvalue weighted by Crippen LogP contribution is 2.68. The fourth-order valence-electron chi connectivity index (χ4n) is 10.4. The Bertz CT molecular complexity index is 1800. The summed E-state index contributed by atoms with van der Waals surface area (Å²) in [6.45, 7) is 16.3. The van der Waals surface area contributed by atoms with Crippen LogP contribution in [0.15, 0.2) is 71.8 Å². The predicted octanol–water partition coefficient (Wildman–Crippen LogP) is 5.66. The van der Waals surface area contributed by atoms with E-state index in [-0.39, 0.29) is 31.1 Å². The molecule has 3 fully saturated rings. The summed E-state index contributed by atoms with van der Waals surface area (Å²) in [7, 11) is 0. The predicted molar refractivity (Wildman–Crippen MR) is 195 cm³/mol. The summed E-state index contributed by atoms with van der Waals surface area (Å²) in [6.07, 6.45) is -3.42. The van der Waals surface area contributed by atoms with Crippen molar-refractivity contribution in [2.75, 3.05) is 6.61 Å². The van der Waals surface area contributed by atoms with Gasteiger partial charge in [0.25, 0.3) is 0 Å². The summed E-state index contributed by atoms with van der Waals surface area (Å²) in [4.78, 5) is 56.5. The SMILES string of the molecule is CC(=O)O[C@@]12CO[C@@H]1CC(C)C1(C)C(=O)C(C)C3=C(C)[C@@H](OC(=O)[C@H](O)Cc4ccccc4)CC(C)([C@@H](OC(=O)[C@@](C)(O)c4ccccc4)[C@@H]12)C3(C)C. The van der Waals surface area contributed by atoms with Gasteiger partial charge in [-0.3, -0.25) is 9.59 Å². The summed E-state index contributed by atoms with van der Waals surface area (Å²) in [5, 5.41) is 22.9. The molecule has 0 amide bonds. The number of ether oxygens (including phenoxy) is 4. The molecule has 0 radical (unpaired) electrons. The minimum Gasteiger partial charge on any atom is -0.459 e. The van der Waals surface area contributed by atoms with Crippen molar-refractivity contribution in [1.29, 1.82) is 0 Å².